The zero-order chi connectivity index (χ0) is 14.8. The fourth-order valence-electron chi connectivity index (χ4n) is 2.25. The Kier molecular flexibility index (Phi) is 3.73. The van der Waals surface area contributed by atoms with Crippen LogP contribution in [0, 0.1) is 0 Å². The lowest BCUT2D eigenvalue weighted by Gasteiger charge is -2.24. The molecule has 0 saturated carbocycles. The van der Waals surface area contributed by atoms with E-state index in [1.807, 2.05) is 49.4 Å². The number of hydrogen-bond donors (Lipinski definition) is 1. The van der Waals surface area contributed by atoms with Gasteiger partial charge in [-0.15, -0.1) is 0 Å². The predicted molar refractivity (Wildman–Crippen MR) is 87.3 cm³/mol. The molecule has 0 fully saturated rings. The molecule has 0 spiro atoms. The molecule has 0 atom stereocenters. The number of anilines is 1. The normalized spacial score (nSPS) is 15.4. The van der Waals surface area contributed by atoms with E-state index >= 15 is 0 Å². The number of rotatable bonds is 2. The average molecular weight is 299 g/mol. The van der Waals surface area contributed by atoms with Gasteiger partial charge >= 0.3 is 0 Å². The van der Waals surface area contributed by atoms with Gasteiger partial charge in [0.25, 0.3) is 0 Å². The number of pyridine rings is 1. The number of benzene rings is 1. The van der Waals surface area contributed by atoms with Gasteiger partial charge in [0.2, 0.25) is 0 Å². The third-order valence-corrected chi connectivity index (χ3v) is 3.55. The minimum absolute atomic E-state index is 0.432. The maximum absolute atomic E-state index is 6.33. The highest BCUT2D eigenvalue weighted by molar-refractivity contribution is 6.32. The summed E-state index contributed by atoms with van der Waals surface area (Å²) in [6, 6.07) is 11.9. The first kappa shape index (κ1) is 13.8. The van der Waals surface area contributed by atoms with Crippen molar-refractivity contribution < 1.29 is 0 Å². The van der Waals surface area contributed by atoms with Gasteiger partial charge in [0.15, 0.2) is 5.82 Å². The van der Waals surface area contributed by atoms with Crippen molar-refractivity contribution in [3.8, 4) is 11.1 Å². The van der Waals surface area contributed by atoms with E-state index in [1.165, 1.54) is 5.01 Å². The molecule has 21 heavy (non-hydrogen) atoms. The lowest BCUT2D eigenvalue weighted by Crippen LogP contribution is -2.33. The van der Waals surface area contributed by atoms with Gasteiger partial charge < -0.3 is 0 Å². The van der Waals surface area contributed by atoms with E-state index in [9.17, 15) is 0 Å². The number of nitrogens with two attached hydrogens (primary N) is 1. The van der Waals surface area contributed by atoms with Gasteiger partial charge in [-0.1, -0.05) is 48.9 Å². The lowest BCUT2D eigenvalue weighted by molar-refractivity contribution is 0.920. The molecule has 3 rings (SSSR count). The molecule has 0 aliphatic carbocycles. The van der Waals surface area contributed by atoms with E-state index < -0.39 is 0 Å². The number of allylic oxidation sites excluding steroid dienone is 1. The number of halogens is 1. The Morgan fingerprint density at radius 3 is 2.76 bits per heavy atom. The van der Waals surface area contributed by atoms with E-state index in [4.69, 9.17) is 17.4 Å². The zero-order valence-electron chi connectivity index (χ0n) is 11.6. The maximum Gasteiger partial charge on any atom is 0.159 e. The van der Waals surface area contributed by atoms with Crippen molar-refractivity contribution in [3.05, 3.63) is 59.0 Å². The number of hydrogen-bond acceptors (Lipinski definition) is 4. The lowest BCUT2D eigenvalue weighted by atomic mass is 10.1. The molecule has 106 valence electrons. The van der Waals surface area contributed by atoms with Crippen LogP contribution >= 0.6 is 11.6 Å². The Morgan fingerprint density at radius 1 is 1.29 bits per heavy atom. The summed E-state index contributed by atoms with van der Waals surface area (Å²) >= 11 is 6.33. The Bertz CT molecular complexity index is 723. The number of aromatic nitrogens is 1. The second kappa shape index (κ2) is 5.68. The second-order valence-electron chi connectivity index (χ2n) is 4.70. The third-order valence-electron chi connectivity index (χ3n) is 3.27. The number of fused-ring (bicyclic) bond motifs is 1. The smallest absolute Gasteiger partial charge is 0.159 e. The summed E-state index contributed by atoms with van der Waals surface area (Å²) in [4.78, 5) is 8.80. The minimum Gasteiger partial charge on any atom is -0.244 e. The van der Waals surface area contributed by atoms with Crippen LogP contribution in [0.4, 0.5) is 5.82 Å². The van der Waals surface area contributed by atoms with Crippen molar-refractivity contribution >= 4 is 23.6 Å². The molecule has 2 N–H and O–H groups in total. The molecule has 1 aliphatic heterocycles. The van der Waals surface area contributed by atoms with Crippen molar-refractivity contribution in [2.45, 2.75) is 13.3 Å². The monoisotopic (exact) mass is 298 g/mol. The van der Waals surface area contributed by atoms with Crippen molar-refractivity contribution in [2.24, 2.45) is 10.8 Å². The number of aliphatic imine (C=N–C) groups is 1. The molecule has 1 aromatic carbocycles. The Hall–Kier alpha value is -2.17. The van der Waals surface area contributed by atoms with Crippen LogP contribution in [-0.2, 0) is 0 Å². The molecule has 4 nitrogen and oxygen atoms in total. The summed E-state index contributed by atoms with van der Waals surface area (Å²) in [6.45, 7) is 2.03. The van der Waals surface area contributed by atoms with Gasteiger partial charge in [-0.05, 0) is 24.1 Å². The van der Waals surface area contributed by atoms with Gasteiger partial charge in [-0.2, -0.15) is 0 Å². The van der Waals surface area contributed by atoms with Gasteiger partial charge in [0.05, 0.1) is 0 Å². The second-order valence-corrected chi connectivity index (χ2v) is 5.06. The molecule has 0 saturated heterocycles. The molecular weight excluding hydrogens is 284 g/mol. The molecular formula is C16H15ClN4. The number of nitrogens with zero attached hydrogens (tertiary/aromatic N) is 3. The fraction of sp³-hybridized carbons (Fsp3) is 0.125. The molecule has 0 amide bonds. The summed E-state index contributed by atoms with van der Waals surface area (Å²) < 4.78 is 0. The van der Waals surface area contributed by atoms with Crippen molar-refractivity contribution in [2.75, 3.05) is 5.01 Å². The van der Waals surface area contributed by atoms with Gasteiger partial charge in [-0.3, -0.25) is 0 Å². The van der Waals surface area contributed by atoms with E-state index in [0.29, 0.717) is 16.8 Å². The summed E-state index contributed by atoms with van der Waals surface area (Å²) in [5.74, 6) is 7.37. The first-order valence-electron chi connectivity index (χ1n) is 6.75. The van der Waals surface area contributed by atoms with E-state index in [0.717, 1.165) is 23.1 Å². The van der Waals surface area contributed by atoms with Crippen LogP contribution in [-0.4, -0.2) is 11.2 Å². The van der Waals surface area contributed by atoms with Crippen LogP contribution in [0.25, 0.3) is 11.1 Å². The molecule has 0 bridgehead atoms. The third kappa shape index (κ3) is 2.55. The predicted octanol–water partition coefficient (Wildman–Crippen LogP) is 3.77. The van der Waals surface area contributed by atoms with Crippen LogP contribution in [0.2, 0.25) is 5.15 Å². The standard InChI is InChI=1S/C16H15ClN4/c1-2-6-14-19-10-12-9-13(11-7-4-3-5-8-11)15(17)20-16(12)21(14)18/h3-10H,2,18H2,1H3/b14-6-. The fourth-order valence-corrected chi connectivity index (χ4v) is 2.49. The summed E-state index contributed by atoms with van der Waals surface area (Å²) in [6.07, 6.45) is 4.57. The molecule has 2 heterocycles. The van der Waals surface area contributed by atoms with Gasteiger partial charge in [0.1, 0.15) is 11.0 Å². The Balaban J connectivity index is 2.10. The maximum atomic E-state index is 6.33. The first-order valence-corrected chi connectivity index (χ1v) is 7.13. The Labute approximate surface area is 128 Å². The van der Waals surface area contributed by atoms with E-state index in [-0.39, 0.29) is 0 Å². The van der Waals surface area contributed by atoms with Crippen LogP contribution < -0.4 is 10.9 Å². The van der Waals surface area contributed by atoms with Crippen molar-refractivity contribution in [1.82, 2.24) is 4.98 Å². The van der Waals surface area contributed by atoms with Crippen LogP contribution in [0.1, 0.15) is 18.9 Å². The largest absolute Gasteiger partial charge is 0.244 e. The Morgan fingerprint density at radius 2 is 2.05 bits per heavy atom. The molecule has 5 heteroatoms. The summed E-state index contributed by atoms with van der Waals surface area (Å²) in [5.41, 5.74) is 2.75. The SMILES string of the molecule is CC/C=C1/N=Cc2cc(-c3ccccc3)c(Cl)nc2N1N. The van der Waals surface area contributed by atoms with Crippen molar-refractivity contribution in [1.29, 1.82) is 0 Å². The van der Waals surface area contributed by atoms with Crippen LogP contribution in [0.15, 0.2) is 53.3 Å². The molecule has 2 aromatic rings. The number of hydrazine groups is 1. The van der Waals surface area contributed by atoms with E-state index in [2.05, 4.69) is 9.98 Å². The van der Waals surface area contributed by atoms with Crippen LogP contribution in [0.3, 0.4) is 0 Å². The summed E-state index contributed by atoms with van der Waals surface area (Å²) in [5, 5.41) is 1.90. The molecule has 1 aliphatic rings. The quantitative estimate of drug-likeness (QED) is 0.678. The average Bonchev–Trinajstić information content (AvgIpc) is 2.51. The topological polar surface area (TPSA) is 54.5 Å². The van der Waals surface area contributed by atoms with Gasteiger partial charge in [-0.25, -0.2) is 20.8 Å². The molecule has 0 unspecified atom stereocenters. The highest BCUT2D eigenvalue weighted by Crippen LogP contribution is 2.33. The van der Waals surface area contributed by atoms with E-state index in [1.54, 1.807) is 6.21 Å². The molecule has 0 radical (unpaired) electrons. The van der Waals surface area contributed by atoms with Crippen molar-refractivity contribution in [3.63, 3.8) is 0 Å². The summed E-state index contributed by atoms with van der Waals surface area (Å²) in [7, 11) is 0. The zero-order valence-corrected chi connectivity index (χ0v) is 12.4. The molecule has 1 aromatic heterocycles. The van der Waals surface area contributed by atoms with Gasteiger partial charge in [0, 0.05) is 17.3 Å². The minimum atomic E-state index is 0.432. The highest BCUT2D eigenvalue weighted by atomic mass is 35.5. The highest BCUT2D eigenvalue weighted by Gasteiger charge is 2.20. The first-order chi connectivity index (χ1) is 10.2. The van der Waals surface area contributed by atoms with Crippen LogP contribution in [0.5, 0.6) is 0 Å².